The number of carbonyl (C=O) groups is 1. The van der Waals surface area contributed by atoms with Gasteiger partial charge in [-0.05, 0) is 42.9 Å². The second kappa shape index (κ2) is 5.66. The molecule has 1 aromatic rings. The fraction of sp³-hybridized carbons (Fsp3) is 0.588. The molecule has 1 saturated carbocycles. The molecule has 0 aromatic heterocycles. The SMILES string of the molecule is O=C(c1cc(O)ccc1F)N1CCC2(CCCCCC2)C1. The van der Waals surface area contributed by atoms with Crippen molar-refractivity contribution >= 4 is 5.91 Å². The molecule has 0 atom stereocenters. The number of carbonyl (C=O) groups excluding carboxylic acids is 1. The monoisotopic (exact) mass is 291 g/mol. The van der Waals surface area contributed by atoms with E-state index in [0.29, 0.717) is 6.54 Å². The molecule has 4 heteroatoms. The first-order valence-electron chi connectivity index (χ1n) is 7.88. The van der Waals surface area contributed by atoms with Gasteiger partial charge < -0.3 is 10.0 Å². The molecule has 1 amide bonds. The summed E-state index contributed by atoms with van der Waals surface area (Å²) >= 11 is 0. The van der Waals surface area contributed by atoms with Crippen LogP contribution in [0.4, 0.5) is 4.39 Å². The molecule has 0 bridgehead atoms. The quantitative estimate of drug-likeness (QED) is 0.856. The van der Waals surface area contributed by atoms with Crippen molar-refractivity contribution in [1.82, 2.24) is 4.90 Å². The third kappa shape index (κ3) is 2.89. The van der Waals surface area contributed by atoms with Gasteiger partial charge in [0.25, 0.3) is 5.91 Å². The number of rotatable bonds is 1. The zero-order chi connectivity index (χ0) is 14.9. The number of hydrogen-bond donors (Lipinski definition) is 1. The molecule has 1 saturated heterocycles. The maximum absolute atomic E-state index is 13.8. The molecule has 1 aliphatic carbocycles. The number of phenols is 1. The summed E-state index contributed by atoms with van der Waals surface area (Å²) < 4.78 is 13.8. The second-order valence-electron chi connectivity index (χ2n) is 6.56. The molecule has 2 aliphatic rings. The van der Waals surface area contributed by atoms with Gasteiger partial charge in [0.05, 0.1) is 5.56 Å². The van der Waals surface area contributed by atoms with Crippen molar-refractivity contribution in [3.8, 4) is 5.75 Å². The normalized spacial score (nSPS) is 21.5. The molecule has 1 aromatic carbocycles. The van der Waals surface area contributed by atoms with Crippen LogP contribution in [0.3, 0.4) is 0 Å². The van der Waals surface area contributed by atoms with E-state index in [4.69, 9.17) is 0 Å². The highest BCUT2D eigenvalue weighted by Gasteiger charge is 2.40. The smallest absolute Gasteiger partial charge is 0.256 e. The van der Waals surface area contributed by atoms with Crippen LogP contribution in [-0.2, 0) is 0 Å². The van der Waals surface area contributed by atoms with Crippen LogP contribution in [0.5, 0.6) is 5.75 Å². The van der Waals surface area contributed by atoms with Gasteiger partial charge >= 0.3 is 0 Å². The van der Waals surface area contributed by atoms with Gasteiger partial charge in [-0.3, -0.25) is 4.79 Å². The molecular weight excluding hydrogens is 269 g/mol. The van der Waals surface area contributed by atoms with Gasteiger partial charge in [0, 0.05) is 13.1 Å². The number of aromatic hydroxyl groups is 1. The van der Waals surface area contributed by atoms with Crippen LogP contribution in [0, 0.1) is 11.2 Å². The molecule has 2 fully saturated rings. The summed E-state index contributed by atoms with van der Waals surface area (Å²) in [6.45, 7) is 1.44. The Hall–Kier alpha value is -1.58. The third-order valence-corrected chi connectivity index (χ3v) is 5.07. The predicted molar refractivity (Wildman–Crippen MR) is 78.7 cm³/mol. The van der Waals surface area contributed by atoms with E-state index in [1.807, 2.05) is 0 Å². The summed E-state index contributed by atoms with van der Waals surface area (Å²) in [7, 11) is 0. The Morgan fingerprint density at radius 3 is 2.57 bits per heavy atom. The number of benzene rings is 1. The summed E-state index contributed by atoms with van der Waals surface area (Å²) in [5, 5.41) is 9.47. The van der Waals surface area contributed by atoms with Gasteiger partial charge in [0.2, 0.25) is 0 Å². The molecule has 1 N–H and O–H groups in total. The van der Waals surface area contributed by atoms with E-state index >= 15 is 0 Å². The first kappa shape index (κ1) is 14.4. The van der Waals surface area contributed by atoms with Crippen LogP contribution in [0.15, 0.2) is 18.2 Å². The van der Waals surface area contributed by atoms with Crippen LogP contribution >= 0.6 is 0 Å². The summed E-state index contributed by atoms with van der Waals surface area (Å²) in [6, 6.07) is 3.65. The van der Waals surface area contributed by atoms with Crippen molar-refractivity contribution in [2.75, 3.05) is 13.1 Å². The minimum Gasteiger partial charge on any atom is -0.508 e. The Labute approximate surface area is 124 Å². The maximum Gasteiger partial charge on any atom is 0.256 e. The number of halogens is 1. The zero-order valence-corrected chi connectivity index (χ0v) is 12.3. The molecular formula is C17H22FNO2. The topological polar surface area (TPSA) is 40.5 Å². The first-order chi connectivity index (χ1) is 10.1. The zero-order valence-electron chi connectivity index (χ0n) is 12.3. The molecule has 1 heterocycles. The number of phenolic OH excluding ortho intramolecular Hbond substituents is 1. The number of nitrogens with zero attached hydrogens (tertiary/aromatic N) is 1. The molecule has 114 valence electrons. The molecule has 1 spiro atoms. The lowest BCUT2D eigenvalue weighted by molar-refractivity contribution is 0.0762. The first-order valence-corrected chi connectivity index (χ1v) is 7.88. The standard InChI is InChI=1S/C17H22FNO2/c18-15-6-5-13(20)11-14(15)16(21)19-10-9-17(12-19)7-3-1-2-4-8-17/h5-6,11,20H,1-4,7-10,12H2. The lowest BCUT2D eigenvalue weighted by atomic mass is 9.80. The predicted octanol–water partition coefficient (Wildman–Crippen LogP) is 3.72. The van der Waals surface area contributed by atoms with E-state index in [9.17, 15) is 14.3 Å². The van der Waals surface area contributed by atoms with Gasteiger partial charge in [-0.2, -0.15) is 0 Å². The van der Waals surface area contributed by atoms with Crippen molar-refractivity contribution in [3.05, 3.63) is 29.6 Å². The summed E-state index contributed by atoms with van der Waals surface area (Å²) in [6.07, 6.45) is 8.44. The Bertz CT molecular complexity index is 536. The Balaban J connectivity index is 1.76. The molecule has 3 nitrogen and oxygen atoms in total. The highest BCUT2D eigenvalue weighted by molar-refractivity contribution is 5.95. The van der Waals surface area contributed by atoms with E-state index in [1.165, 1.54) is 50.7 Å². The largest absolute Gasteiger partial charge is 0.508 e. The van der Waals surface area contributed by atoms with Crippen molar-refractivity contribution in [1.29, 1.82) is 0 Å². The van der Waals surface area contributed by atoms with Crippen molar-refractivity contribution in [3.63, 3.8) is 0 Å². The van der Waals surface area contributed by atoms with Gasteiger partial charge in [0.1, 0.15) is 11.6 Å². The van der Waals surface area contributed by atoms with E-state index in [2.05, 4.69) is 0 Å². The minimum absolute atomic E-state index is 0.0133. The van der Waals surface area contributed by atoms with E-state index in [0.717, 1.165) is 19.0 Å². The average molecular weight is 291 g/mol. The fourth-order valence-corrected chi connectivity index (χ4v) is 3.84. The number of likely N-dealkylation sites (tertiary alicyclic amines) is 1. The van der Waals surface area contributed by atoms with Gasteiger partial charge in [-0.1, -0.05) is 25.7 Å². The van der Waals surface area contributed by atoms with Crippen molar-refractivity contribution < 1.29 is 14.3 Å². The van der Waals surface area contributed by atoms with Gasteiger partial charge in [-0.15, -0.1) is 0 Å². The molecule has 21 heavy (non-hydrogen) atoms. The lowest BCUT2D eigenvalue weighted by Gasteiger charge is -2.27. The van der Waals surface area contributed by atoms with Crippen LogP contribution in [-0.4, -0.2) is 29.0 Å². The average Bonchev–Trinajstić information content (AvgIpc) is 2.74. The summed E-state index contributed by atoms with van der Waals surface area (Å²) in [4.78, 5) is 14.3. The minimum atomic E-state index is -0.556. The number of amides is 1. The highest BCUT2D eigenvalue weighted by atomic mass is 19.1. The van der Waals surface area contributed by atoms with Gasteiger partial charge in [-0.25, -0.2) is 4.39 Å². The molecule has 0 radical (unpaired) electrons. The summed E-state index contributed by atoms with van der Waals surface area (Å²) in [5.74, 6) is -0.910. The van der Waals surface area contributed by atoms with E-state index in [1.54, 1.807) is 4.90 Å². The summed E-state index contributed by atoms with van der Waals surface area (Å²) in [5.41, 5.74) is 0.236. The van der Waals surface area contributed by atoms with E-state index < -0.39 is 5.82 Å². The Morgan fingerprint density at radius 2 is 1.86 bits per heavy atom. The maximum atomic E-state index is 13.8. The fourth-order valence-electron chi connectivity index (χ4n) is 3.84. The lowest BCUT2D eigenvalue weighted by Crippen LogP contribution is -2.32. The second-order valence-corrected chi connectivity index (χ2v) is 6.56. The van der Waals surface area contributed by atoms with Crippen LogP contribution in [0.2, 0.25) is 0 Å². The van der Waals surface area contributed by atoms with Crippen molar-refractivity contribution in [2.45, 2.75) is 44.9 Å². The van der Waals surface area contributed by atoms with Crippen molar-refractivity contribution in [2.24, 2.45) is 5.41 Å². The van der Waals surface area contributed by atoms with E-state index in [-0.39, 0.29) is 22.6 Å². The Morgan fingerprint density at radius 1 is 1.14 bits per heavy atom. The van der Waals surface area contributed by atoms with Crippen LogP contribution < -0.4 is 0 Å². The van der Waals surface area contributed by atoms with Gasteiger partial charge in [0.15, 0.2) is 0 Å². The molecule has 3 rings (SSSR count). The van der Waals surface area contributed by atoms with Crippen LogP contribution in [0.1, 0.15) is 55.3 Å². The highest BCUT2D eigenvalue weighted by Crippen LogP contribution is 2.43. The number of hydrogen-bond acceptors (Lipinski definition) is 2. The Kier molecular flexibility index (Phi) is 3.87. The van der Waals surface area contributed by atoms with Crippen LogP contribution in [0.25, 0.3) is 0 Å². The molecule has 0 unspecified atom stereocenters. The molecule has 1 aliphatic heterocycles. The third-order valence-electron chi connectivity index (χ3n) is 5.07.